The van der Waals surface area contributed by atoms with E-state index in [1.807, 2.05) is 36.4 Å². The summed E-state index contributed by atoms with van der Waals surface area (Å²) in [5.41, 5.74) is 1.18. The molecule has 2 heterocycles. The number of carbonyl (C=O) groups is 2. The van der Waals surface area contributed by atoms with Crippen LogP contribution in [-0.2, 0) is 9.53 Å². The SMILES string of the molecule is O=C(N/C(=C/C=C\c1ccccc1)C(=O)N1CCOCC1)c1ccc(Br)o1. The summed E-state index contributed by atoms with van der Waals surface area (Å²) in [5, 5.41) is 2.65. The van der Waals surface area contributed by atoms with Gasteiger partial charge in [-0.3, -0.25) is 9.59 Å². The molecule has 0 bridgehead atoms. The van der Waals surface area contributed by atoms with Crippen molar-refractivity contribution in [2.75, 3.05) is 26.3 Å². The molecule has 7 heteroatoms. The van der Waals surface area contributed by atoms with Crippen molar-refractivity contribution in [1.82, 2.24) is 10.2 Å². The van der Waals surface area contributed by atoms with Crippen LogP contribution in [0.25, 0.3) is 6.08 Å². The molecule has 1 aliphatic heterocycles. The number of nitrogens with zero attached hydrogens (tertiary/aromatic N) is 1. The third-order valence-corrected chi connectivity index (χ3v) is 4.35. The molecule has 0 radical (unpaired) electrons. The lowest BCUT2D eigenvalue weighted by Crippen LogP contribution is -2.44. The average Bonchev–Trinajstić information content (AvgIpc) is 3.14. The minimum absolute atomic E-state index is 0.120. The standard InChI is InChI=1S/C20H19BrN2O4/c21-18-10-9-17(27-18)19(24)22-16(20(25)23-11-13-26-14-12-23)8-4-7-15-5-2-1-3-6-15/h1-10H,11-14H2,(H,22,24)/b7-4-,16-8+. The fraction of sp³-hybridized carbons (Fsp3) is 0.200. The highest BCUT2D eigenvalue weighted by Crippen LogP contribution is 2.14. The fourth-order valence-electron chi connectivity index (χ4n) is 2.54. The van der Waals surface area contributed by atoms with Gasteiger partial charge in [0.1, 0.15) is 5.70 Å². The minimum atomic E-state index is -0.485. The van der Waals surface area contributed by atoms with Gasteiger partial charge in [0.2, 0.25) is 0 Å². The molecule has 2 amide bonds. The summed E-state index contributed by atoms with van der Waals surface area (Å²) in [6.45, 7) is 1.94. The van der Waals surface area contributed by atoms with Gasteiger partial charge in [0.15, 0.2) is 10.4 Å². The van der Waals surface area contributed by atoms with Gasteiger partial charge in [-0.2, -0.15) is 0 Å². The predicted octanol–water partition coefficient (Wildman–Crippen LogP) is 3.23. The summed E-state index contributed by atoms with van der Waals surface area (Å²) in [6, 6.07) is 12.9. The molecule has 2 aromatic rings. The Hall–Kier alpha value is -2.64. The van der Waals surface area contributed by atoms with E-state index >= 15 is 0 Å². The molecule has 1 aliphatic rings. The van der Waals surface area contributed by atoms with E-state index in [9.17, 15) is 9.59 Å². The summed E-state index contributed by atoms with van der Waals surface area (Å²) in [6.07, 6.45) is 5.20. The summed E-state index contributed by atoms with van der Waals surface area (Å²) >= 11 is 3.16. The van der Waals surface area contributed by atoms with E-state index in [0.717, 1.165) is 5.56 Å². The number of allylic oxidation sites excluding steroid dienone is 2. The zero-order chi connectivity index (χ0) is 19.1. The Morgan fingerprint density at radius 3 is 2.48 bits per heavy atom. The van der Waals surface area contributed by atoms with Crippen LogP contribution in [0.15, 0.2) is 69.4 Å². The van der Waals surface area contributed by atoms with Gasteiger partial charge in [-0.1, -0.05) is 42.5 Å². The number of benzene rings is 1. The van der Waals surface area contributed by atoms with Crippen LogP contribution in [0.5, 0.6) is 0 Å². The zero-order valence-corrected chi connectivity index (χ0v) is 16.1. The Balaban J connectivity index is 1.78. The lowest BCUT2D eigenvalue weighted by molar-refractivity contribution is -0.131. The summed E-state index contributed by atoms with van der Waals surface area (Å²) < 4.78 is 11.0. The second kappa shape index (κ2) is 9.34. The van der Waals surface area contributed by atoms with Crippen LogP contribution in [0.1, 0.15) is 16.1 Å². The van der Waals surface area contributed by atoms with Gasteiger partial charge in [-0.25, -0.2) is 0 Å². The molecule has 140 valence electrons. The Morgan fingerprint density at radius 1 is 1.07 bits per heavy atom. The second-order valence-corrected chi connectivity index (χ2v) is 6.59. The third-order valence-electron chi connectivity index (χ3n) is 3.93. The number of carbonyl (C=O) groups excluding carboxylic acids is 2. The number of amides is 2. The molecule has 1 N–H and O–H groups in total. The van der Waals surface area contributed by atoms with Gasteiger partial charge in [0.25, 0.3) is 11.8 Å². The number of ether oxygens (including phenoxy) is 1. The van der Waals surface area contributed by atoms with Crippen LogP contribution in [0.3, 0.4) is 0 Å². The van der Waals surface area contributed by atoms with Crippen LogP contribution in [0.4, 0.5) is 0 Å². The number of nitrogens with one attached hydrogen (secondary N) is 1. The van der Waals surface area contributed by atoms with Crippen LogP contribution in [0.2, 0.25) is 0 Å². The van der Waals surface area contributed by atoms with Crippen molar-refractivity contribution < 1.29 is 18.7 Å². The van der Waals surface area contributed by atoms with Crippen molar-refractivity contribution >= 4 is 33.8 Å². The third kappa shape index (κ3) is 5.42. The maximum absolute atomic E-state index is 12.8. The van der Waals surface area contributed by atoms with Gasteiger partial charge in [-0.15, -0.1) is 0 Å². The first kappa shape index (κ1) is 19.1. The molecule has 1 saturated heterocycles. The lowest BCUT2D eigenvalue weighted by Gasteiger charge is -2.27. The predicted molar refractivity (Wildman–Crippen MR) is 105 cm³/mol. The number of hydrogen-bond acceptors (Lipinski definition) is 4. The molecule has 1 aromatic heterocycles. The Morgan fingerprint density at radius 2 is 1.81 bits per heavy atom. The maximum atomic E-state index is 12.8. The second-order valence-electron chi connectivity index (χ2n) is 5.81. The first-order chi connectivity index (χ1) is 13.1. The van der Waals surface area contributed by atoms with Gasteiger partial charge in [0, 0.05) is 13.1 Å². The normalized spacial score (nSPS) is 15.1. The van der Waals surface area contributed by atoms with Crippen LogP contribution in [-0.4, -0.2) is 43.0 Å². The molecule has 27 heavy (non-hydrogen) atoms. The van der Waals surface area contributed by atoms with Crippen molar-refractivity contribution in [3.05, 3.63) is 76.3 Å². The van der Waals surface area contributed by atoms with Gasteiger partial charge in [-0.05, 0) is 39.7 Å². The Bertz CT molecular complexity index is 852. The van der Waals surface area contributed by atoms with E-state index < -0.39 is 5.91 Å². The zero-order valence-electron chi connectivity index (χ0n) is 14.6. The van der Waals surface area contributed by atoms with Crippen molar-refractivity contribution in [2.45, 2.75) is 0 Å². The van der Waals surface area contributed by atoms with E-state index in [0.29, 0.717) is 31.0 Å². The summed E-state index contributed by atoms with van der Waals surface area (Å²) in [4.78, 5) is 26.9. The number of morpholine rings is 1. The molecule has 3 rings (SSSR count). The highest BCUT2D eigenvalue weighted by Gasteiger charge is 2.23. The van der Waals surface area contributed by atoms with E-state index in [-0.39, 0.29) is 17.4 Å². The molecule has 0 unspecified atom stereocenters. The van der Waals surface area contributed by atoms with Gasteiger partial charge >= 0.3 is 0 Å². The highest BCUT2D eigenvalue weighted by molar-refractivity contribution is 9.10. The van der Waals surface area contributed by atoms with Crippen LogP contribution >= 0.6 is 15.9 Å². The van der Waals surface area contributed by atoms with Crippen molar-refractivity contribution in [1.29, 1.82) is 0 Å². The molecular formula is C20H19BrN2O4. The van der Waals surface area contributed by atoms with E-state index in [1.165, 1.54) is 6.07 Å². The smallest absolute Gasteiger partial charge is 0.291 e. The monoisotopic (exact) mass is 430 g/mol. The largest absolute Gasteiger partial charge is 0.444 e. The molecule has 0 atom stereocenters. The van der Waals surface area contributed by atoms with E-state index in [1.54, 1.807) is 23.1 Å². The number of halogens is 1. The fourth-order valence-corrected chi connectivity index (χ4v) is 2.85. The summed E-state index contributed by atoms with van der Waals surface area (Å²) in [5.74, 6) is -0.619. The van der Waals surface area contributed by atoms with Crippen LogP contribution in [0, 0.1) is 0 Å². The Kier molecular flexibility index (Phi) is 6.62. The molecule has 6 nitrogen and oxygen atoms in total. The molecular weight excluding hydrogens is 412 g/mol. The lowest BCUT2D eigenvalue weighted by atomic mass is 10.2. The molecule has 0 aliphatic carbocycles. The van der Waals surface area contributed by atoms with Crippen molar-refractivity contribution in [3.63, 3.8) is 0 Å². The first-order valence-corrected chi connectivity index (χ1v) is 9.30. The van der Waals surface area contributed by atoms with Crippen LogP contribution < -0.4 is 5.32 Å². The van der Waals surface area contributed by atoms with Gasteiger partial charge in [0.05, 0.1) is 13.2 Å². The van der Waals surface area contributed by atoms with E-state index in [2.05, 4.69) is 21.2 Å². The number of rotatable bonds is 5. The topological polar surface area (TPSA) is 71.8 Å². The van der Waals surface area contributed by atoms with E-state index in [4.69, 9.17) is 9.15 Å². The molecule has 1 aromatic carbocycles. The highest BCUT2D eigenvalue weighted by atomic mass is 79.9. The minimum Gasteiger partial charge on any atom is -0.444 e. The van der Waals surface area contributed by atoms with Crippen molar-refractivity contribution in [2.24, 2.45) is 0 Å². The van der Waals surface area contributed by atoms with Gasteiger partial charge < -0.3 is 19.4 Å². The average molecular weight is 431 g/mol. The first-order valence-electron chi connectivity index (χ1n) is 8.50. The summed E-state index contributed by atoms with van der Waals surface area (Å²) in [7, 11) is 0. The number of hydrogen-bond donors (Lipinski definition) is 1. The Labute approximate surface area is 165 Å². The molecule has 0 saturated carbocycles. The maximum Gasteiger partial charge on any atom is 0.291 e. The molecule has 0 spiro atoms. The molecule has 1 fully saturated rings. The number of furan rings is 1. The quantitative estimate of drug-likeness (QED) is 0.583. The van der Waals surface area contributed by atoms with Crippen molar-refractivity contribution in [3.8, 4) is 0 Å².